The second-order valence-corrected chi connectivity index (χ2v) is 7.97. The molecule has 4 rings (SSSR count). The lowest BCUT2D eigenvalue weighted by atomic mass is 9.88. The minimum atomic E-state index is -0.539. The number of nitrogens with one attached hydrogen (secondary N) is 1. The molecule has 7 nitrogen and oxygen atoms in total. The highest BCUT2D eigenvalue weighted by Gasteiger charge is 2.42. The summed E-state index contributed by atoms with van der Waals surface area (Å²) in [5.41, 5.74) is 2.90. The van der Waals surface area contributed by atoms with E-state index in [1.54, 1.807) is 25.7 Å². The van der Waals surface area contributed by atoms with Crippen molar-refractivity contribution in [1.29, 1.82) is 0 Å². The van der Waals surface area contributed by atoms with Gasteiger partial charge in [-0.25, -0.2) is 9.97 Å². The quantitative estimate of drug-likeness (QED) is 0.514. The monoisotopic (exact) mass is 420 g/mol. The Balaban J connectivity index is 1.48. The predicted molar refractivity (Wildman–Crippen MR) is 117 cm³/mol. The first kappa shape index (κ1) is 21.4. The van der Waals surface area contributed by atoms with Crippen LogP contribution >= 0.6 is 0 Å². The first-order valence-electron chi connectivity index (χ1n) is 10.6. The van der Waals surface area contributed by atoms with Gasteiger partial charge >= 0.3 is 0 Å². The average Bonchev–Trinajstić information content (AvgIpc) is 3.12. The van der Waals surface area contributed by atoms with Crippen LogP contribution in [0.5, 0.6) is 5.75 Å². The lowest BCUT2D eigenvalue weighted by Gasteiger charge is -2.25. The first-order valence-corrected chi connectivity index (χ1v) is 10.6. The van der Waals surface area contributed by atoms with E-state index in [9.17, 15) is 10.2 Å². The molecule has 3 N–H and O–H groups in total. The van der Waals surface area contributed by atoms with Gasteiger partial charge in [0.1, 0.15) is 5.75 Å². The molecular formula is C24H28N4O3. The highest BCUT2D eigenvalue weighted by molar-refractivity contribution is 5.52. The number of aromatic nitrogens is 3. The second kappa shape index (κ2) is 9.96. The van der Waals surface area contributed by atoms with Gasteiger partial charge in [0.2, 0.25) is 0 Å². The molecule has 0 aliphatic heterocycles. The van der Waals surface area contributed by atoms with Crippen LogP contribution in [0.1, 0.15) is 17.7 Å². The number of nitrogens with zero attached hydrogens (tertiary/aromatic N) is 3. The van der Waals surface area contributed by atoms with Gasteiger partial charge in [0.05, 0.1) is 13.2 Å². The normalized spacial score (nSPS) is 23.1. The number of hydrogen-bond donors (Lipinski definition) is 3. The summed E-state index contributed by atoms with van der Waals surface area (Å²) >= 11 is 0. The predicted octanol–water partition coefficient (Wildman–Crippen LogP) is 2.24. The highest BCUT2D eigenvalue weighted by Crippen LogP contribution is 2.35. The van der Waals surface area contributed by atoms with Crippen molar-refractivity contribution in [3.63, 3.8) is 0 Å². The number of benzene rings is 1. The summed E-state index contributed by atoms with van der Waals surface area (Å²) in [7, 11) is 1.65. The third-order valence-corrected chi connectivity index (χ3v) is 6.07. The van der Waals surface area contributed by atoms with Gasteiger partial charge < -0.3 is 20.3 Å². The molecule has 0 bridgehead atoms. The summed E-state index contributed by atoms with van der Waals surface area (Å²) in [6, 6.07) is 13.7. The lowest BCUT2D eigenvalue weighted by Crippen LogP contribution is -2.36. The number of rotatable bonds is 8. The van der Waals surface area contributed by atoms with E-state index in [2.05, 4.69) is 15.3 Å². The van der Waals surface area contributed by atoms with Crippen LogP contribution in [0.2, 0.25) is 0 Å². The van der Waals surface area contributed by atoms with E-state index in [-0.39, 0.29) is 24.5 Å². The van der Waals surface area contributed by atoms with E-state index in [1.165, 1.54) is 0 Å². The van der Waals surface area contributed by atoms with Gasteiger partial charge in [0.25, 0.3) is 0 Å². The van der Waals surface area contributed by atoms with E-state index >= 15 is 0 Å². The summed E-state index contributed by atoms with van der Waals surface area (Å²) in [5.74, 6) is 1.33. The van der Waals surface area contributed by atoms with Crippen LogP contribution in [0.25, 0.3) is 11.4 Å². The van der Waals surface area contributed by atoms with E-state index in [1.807, 2.05) is 42.5 Å². The summed E-state index contributed by atoms with van der Waals surface area (Å²) < 4.78 is 5.22. The van der Waals surface area contributed by atoms with E-state index in [0.29, 0.717) is 25.2 Å². The Morgan fingerprint density at radius 2 is 1.94 bits per heavy atom. The van der Waals surface area contributed by atoms with Gasteiger partial charge in [0, 0.05) is 55.0 Å². The minimum Gasteiger partial charge on any atom is -0.497 e. The molecule has 2 aromatic heterocycles. The molecule has 0 saturated heterocycles. The van der Waals surface area contributed by atoms with Crippen molar-refractivity contribution in [2.24, 2.45) is 11.8 Å². The van der Waals surface area contributed by atoms with Gasteiger partial charge in [0.15, 0.2) is 5.82 Å². The highest BCUT2D eigenvalue weighted by atomic mass is 16.5. The summed E-state index contributed by atoms with van der Waals surface area (Å²) in [5, 5.41) is 24.1. The van der Waals surface area contributed by atoms with Gasteiger partial charge in [-0.3, -0.25) is 4.98 Å². The average molecular weight is 421 g/mol. The van der Waals surface area contributed by atoms with Crippen molar-refractivity contribution in [2.75, 3.05) is 13.7 Å². The minimum absolute atomic E-state index is 0.0485. The van der Waals surface area contributed by atoms with Crippen LogP contribution in [0.3, 0.4) is 0 Å². The van der Waals surface area contributed by atoms with Crippen molar-refractivity contribution >= 4 is 0 Å². The van der Waals surface area contributed by atoms with Crippen LogP contribution in [0.4, 0.5) is 0 Å². The molecule has 1 fully saturated rings. The van der Waals surface area contributed by atoms with Gasteiger partial charge in [-0.1, -0.05) is 12.1 Å². The SMILES string of the molecule is COc1ccc(CNC2CC(O)C(CO)C2Cc2ccnc(-c3cccnc3)n2)cc1. The number of hydrogen-bond acceptors (Lipinski definition) is 7. The fraction of sp³-hybridized carbons (Fsp3) is 0.375. The third-order valence-electron chi connectivity index (χ3n) is 6.07. The number of methoxy groups -OCH3 is 1. The Kier molecular flexibility index (Phi) is 6.86. The maximum atomic E-state index is 10.5. The third kappa shape index (κ3) is 5.07. The fourth-order valence-corrected chi connectivity index (χ4v) is 4.36. The maximum absolute atomic E-state index is 10.5. The smallest absolute Gasteiger partial charge is 0.160 e. The zero-order chi connectivity index (χ0) is 21.6. The van der Waals surface area contributed by atoms with Crippen LogP contribution in [-0.2, 0) is 13.0 Å². The first-order chi connectivity index (χ1) is 15.2. The molecule has 2 heterocycles. The molecule has 1 aliphatic rings. The number of ether oxygens (including phenoxy) is 1. The molecule has 0 spiro atoms. The molecule has 1 aromatic carbocycles. The van der Waals surface area contributed by atoms with Gasteiger partial charge in [-0.05, 0) is 54.7 Å². The molecule has 0 radical (unpaired) electrons. The molecule has 7 heteroatoms. The van der Waals surface area contributed by atoms with Gasteiger partial charge in [-0.15, -0.1) is 0 Å². The van der Waals surface area contributed by atoms with Crippen LogP contribution in [0.15, 0.2) is 61.1 Å². The standard InChI is InChI=1S/C24H28N4O3/c1-31-19-6-4-16(5-7-19)13-27-22-12-23(30)21(15-29)20(22)11-18-8-10-26-24(28-18)17-3-2-9-25-14-17/h2-10,14,20-23,27,29-30H,11-13,15H2,1H3. The van der Waals surface area contributed by atoms with Crippen molar-refractivity contribution < 1.29 is 14.9 Å². The zero-order valence-corrected chi connectivity index (χ0v) is 17.6. The van der Waals surface area contributed by atoms with Crippen molar-refractivity contribution in [1.82, 2.24) is 20.3 Å². The molecule has 1 aliphatic carbocycles. The summed E-state index contributed by atoms with van der Waals surface area (Å²) in [6.45, 7) is 0.633. The summed E-state index contributed by atoms with van der Waals surface area (Å²) in [6.07, 6.45) is 5.93. The van der Waals surface area contributed by atoms with E-state index in [0.717, 1.165) is 22.6 Å². The Morgan fingerprint density at radius 3 is 2.65 bits per heavy atom. The molecule has 3 aromatic rings. The van der Waals surface area contributed by atoms with Crippen molar-refractivity contribution in [2.45, 2.75) is 31.5 Å². The number of pyridine rings is 1. The van der Waals surface area contributed by atoms with Gasteiger partial charge in [-0.2, -0.15) is 0 Å². The van der Waals surface area contributed by atoms with Crippen molar-refractivity contribution in [3.05, 3.63) is 72.3 Å². The van der Waals surface area contributed by atoms with Crippen LogP contribution in [0, 0.1) is 11.8 Å². The maximum Gasteiger partial charge on any atom is 0.160 e. The largest absolute Gasteiger partial charge is 0.497 e. The van der Waals surface area contributed by atoms with Crippen molar-refractivity contribution in [3.8, 4) is 17.1 Å². The van der Waals surface area contributed by atoms with Crippen LogP contribution < -0.4 is 10.1 Å². The van der Waals surface area contributed by atoms with E-state index in [4.69, 9.17) is 9.72 Å². The molecule has 0 amide bonds. The number of aliphatic hydroxyl groups is 2. The Hall–Kier alpha value is -2.87. The molecule has 1 saturated carbocycles. The molecule has 4 atom stereocenters. The topological polar surface area (TPSA) is 100 Å². The lowest BCUT2D eigenvalue weighted by molar-refractivity contribution is 0.0716. The molecule has 4 unspecified atom stereocenters. The fourth-order valence-electron chi connectivity index (χ4n) is 4.36. The summed E-state index contributed by atoms with van der Waals surface area (Å²) in [4.78, 5) is 13.2. The Labute approximate surface area is 182 Å². The molecule has 31 heavy (non-hydrogen) atoms. The molecule has 162 valence electrons. The van der Waals surface area contributed by atoms with E-state index < -0.39 is 6.10 Å². The molecular weight excluding hydrogens is 392 g/mol. The van der Waals surface area contributed by atoms with Crippen LogP contribution in [-0.4, -0.2) is 51.0 Å². The second-order valence-electron chi connectivity index (χ2n) is 7.97. The Bertz CT molecular complexity index is 968. The Morgan fingerprint density at radius 1 is 1.10 bits per heavy atom. The zero-order valence-electron chi connectivity index (χ0n) is 17.6. The number of aliphatic hydroxyl groups excluding tert-OH is 2.